The Hall–Kier alpha value is -0.860. The lowest BCUT2D eigenvalue weighted by Gasteiger charge is -2.32. The highest BCUT2D eigenvalue weighted by Gasteiger charge is 2.26. The number of aliphatic imine (C=N–C) groups is 1. The van der Waals surface area contributed by atoms with Crippen LogP contribution in [0.25, 0.3) is 0 Å². The summed E-state index contributed by atoms with van der Waals surface area (Å²) < 4.78 is 26.1. The van der Waals surface area contributed by atoms with Gasteiger partial charge in [0.2, 0.25) is 16.0 Å². The van der Waals surface area contributed by atoms with Gasteiger partial charge in [-0.15, -0.1) is 0 Å². The van der Waals surface area contributed by atoms with Crippen LogP contribution < -0.4 is 10.0 Å². The van der Waals surface area contributed by atoms with Crippen LogP contribution in [0.4, 0.5) is 0 Å². The molecule has 7 nitrogen and oxygen atoms in total. The van der Waals surface area contributed by atoms with Gasteiger partial charge in [0.25, 0.3) is 0 Å². The van der Waals surface area contributed by atoms with Gasteiger partial charge in [0, 0.05) is 12.6 Å². The minimum absolute atomic E-state index is 0.360. The van der Waals surface area contributed by atoms with Gasteiger partial charge in [0.05, 0.1) is 18.6 Å². The van der Waals surface area contributed by atoms with Crippen LogP contribution in [0.3, 0.4) is 0 Å². The second kappa shape index (κ2) is 6.93. The van der Waals surface area contributed by atoms with Gasteiger partial charge in [0.15, 0.2) is 0 Å². The number of nitrogens with one attached hydrogen (secondary N) is 2. The molecule has 0 radical (unpaired) electrons. The van der Waals surface area contributed by atoms with E-state index in [1.165, 1.54) is 19.4 Å². The molecule has 2 rings (SSSR count). The van der Waals surface area contributed by atoms with E-state index < -0.39 is 15.3 Å². The third kappa shape index (κ3) is 4.31. The average molecular weight is 317 g/mol. The molecule has 21 heavy (non-hydrogen) atoms. The van der Waals surface area contributed by atoms with Crippen LogP contribution in [0.1, 0.15) is 33.6 Å². The number of rotatable bonds is 5. The van der Waals surface area contributed by atoms with Gasteiger partial charge in [0.1, 0.15) is 0 Å². The molecule has 0 spiro atoms. The van der Waals surface area contributed by atoms with Crippen molar-refractivity contribution >= 4 is 16.0 Å². The van der Waals surface area contributed by atoms with E-state index in [9.17, 15) is 8.42 Å². The van der Waals surface area contributed by atoms with Crippen molar-refractivity contribution in [2.24, 2.45) is 4.99 Å². The second-order valence-corrected chi connectivity index (χ2v) is 8.19. The largest absolute Gasteiger partial charge is 0.343 e. The predicted octanol–water partition coefficient (Wildman–Crippen LogP) is -0.0253. The van der Waals surface area contributed by atoms with Crippen molar-refractivity contribution in [1.29, 1.82) is 0 Å². The molecule has 0 amide bonds. The molecular weight excluding hydrogens is 290 g/mol. The van der Waals surface area contributed by atoms with Crippen LogP contribution in [0.5, 0.6) is 0 Å². The standard InChI is InChI=1S/C13H27N5O2S/c1-4-18-7-5-6-12(18)8-17-9-14-13(15-10-17)16-21(19,20)11(2)3/h11-12H,4-10H2,1-3H3,(H2,14,15,16). The van der Waals surface area contributed by atoms with Crippen LogP contribution in [-0.4, -0.2) is 68.4 Å². The Bertz CT molecular complexity index is 477. The fourth-order valence-electron chi connectivity index (χ4n) is 2.72. The third-order valence-electron chi connectivity index (χ3n) is 4.13. The minimum atomic E-state index is -3.32. The predicted molar refractivity (Wildman–Crippen MR) is 84.5 cm³/mol. The van der Waals surface area contributed by atoms with Gasteiger partial charge in [-0.05, 0) is 39.8 Å². The van der Waals surface area contributed by atoms with Gasteiger partial charge in [-0.1, -0.05) is 6.92 Å². The fraction of sp³-hybridized carbons (Fsp3) is 0.923. The maximum Gasteiger partial charge on any atom is 0.237 e. The maximum absolute atomic E-state index is 11.8. The van der Waals surface area contributed by atoms with E-state index in [0.29, 0.717) is 25.3 Å². The second-order valence-electron chi connectivity index (χ2n) is 5.96. The number of nitrogens with zero attached hydrogens (tertiary/aromatic N) is 3. The summed E-state index contributed by atoms with van der Waals surface area (Å²) in [6, 6.07) is 0.598. The zero-order valence-corrected chi connectivity index (χ0v) is 14.0. The number of likely N-dealkylation sites (tertiary alicyclic amines) is 1. The van der Waals surface area contributed by atoms with Crippen molar-refractivity contribution in [2.75, 3.05) is 33.0 Å². The van der Waals surface area contributed by atoms with Crippen molar-refractivity contribution in [3.8, 4) is 0 Å². The van der Waals surface area contributed by atoms with Crippen LogP contribution >= 0.6 is 0 Å². The summed E-state index contributed by atoms with van der Waals surface area (Å²) in [5.41, 5.74) is 0. The summed E-state index contributed by atoms with van der Waals surface area (Å²) in [6.07, 6.45) is 2.50. The quantitative estimate of drug-likeness (QED) is 0.745. The number of likely N-dealkylation sites (N-methyl/N-ethyl adjacent to an activating group) is 1. The maximum atomic E-state index is 11.8. The van der Waals surface area contributed by atoms with Gasteiger partial charge in [-0.3, -0.25) is 14.5 Å². The van der Waals surface area contributed by atoms with E-state index in [0.717, 1.165) is 13.1 Å². The van der Waals surface area contributed by atoms with E-state index in [1.807, 2.05) is 0 Å². The normalized spacial score (nSPS) is 25.0. The van der Waals surface area contributed by atoms with Crippen LogP contribution in [0, 0.1) is 0 Å². The molecule has 2 aliphatic rings. The van der Waals surface area contributed by atoms with Crippen LogP contribution in [0.15, 0.2) is 4.99 Å². The van der Waals surface area contributed by atoms with Gasteiger partial charge < -0.3 is 5.32 Å². The van der Waals surface area contributed by atoms with Gasteiger partial charge in [-0.2, -0.15) is 0 Å². The number of guanidine groups is 1. The van der Waals surface area contributed by atoms with E-state index in [4.69, 9.17) is 0 Å². The van der Waals surface area contributed by atoms with E-state index >= 15 is 0 Å². The Morgan fingerprint density at radius 1 is 1.48 bits per heavy atom. The Morgan fingerprint density at radius 2 is 2.24 bits per heavy atom. The summed E-state index contributed by atoms with van der Waals surface area (Å²) in [5.74, 6) is 0.360. The first-order valence-electron chi connectivity index (χ1n) is 7.68. The summed E-state index contributed by atoms with van der Waals surface area (Å²) in [5, 5.41) is 2.59. The molecule has 8 heteroatoms. The molecule has 0 bridgehead atoms. The average Bonchev–Trinajstić information content (AvgIpc) is 2.87. The first kappa shape index (κ1) is 16.5. The molecule has 0 saturated carbocycles. The smallest absolute Gasteiger partial charge is 0.237 e. The molecular formula is C13H27N5O2S. The van der Waals surface area contributed by atoms with Crippen molar-refractivity contribution in [2.45, 2.75) is 44.9 Å². The first-order chi connectivity index (χ1) is 9.92. The lowest BCUT2D eigenvalue weighted by atomic mass is 10.2. The molecule has 0 aliphatic carbocycles. The third-order valence-corrected chi connectivity index (χ3v) is 5.85. The Kier molecular flexibility index (Phi) is 5.45. The Labute approximate surface area is 127 Å². The monoisotopic (exact) mass is 317 g/mol. The van der Waals surface area contributed by atoms with Crippen molar-refractivity contribution < 1.29 is 8.42 Å². The Morgan fingerprint density at radius 3 is 2.81 bits per heavy atom. The molecule has 2 N–H and O–H groups in total. The molecule has 2 aliphatic heterocycles. The molecule has 0 aromatic carbocycles. The zero-order valence-electron chi connectivity index (χ0n) is 13.2. The van der Waals surface area contributed by atoms with Crippen LogP contribution in [0.2, 0.25) is 0 Å². The SMILES string of the molecule is CCN1CCCC1CN1CN=C(NS(=O)(=O)C(C)C)NC1. The van der Waals surface area contributed by atoms with Crippen LogP contribution in [-0.2, 0) is 10.0 Å². The fourth-order valence-corrected chi connectivity index (χ4v) is 3.36. The minimum Gasteiger partial charge on any atom is -0.343 e. The molecule has 1 unspecified atom stereocenters. The van der Waals surface area contributed by atoms with E-state index in [1.54, 1.807) is 13.8 Å². The lowest BCUT2D eigenvalue weighted by Crippen LogP contribution is -2.53. The topological polar surface area (TPSA) is 77.0 Å². The van der Waals surface area contributed by atoms with Gasteiger partial charge >= 0.3 is 0 Å². The van der Waals surface area contributed by atoms with Gasteiger partial charge in [-0.25, -0.2) is 13.4 Å². The molecule has 0 aromatic rings. The molecule has 122 valence electrons. The Balaban J connectivity index is 1.84. The molecule has 1 atom stereocenters. The summed E-state index contributed by atoms with van der Waals surface area (Å²) in [6.45, 7) is 9.93. The number of hydrogen-bond acceptors (Lipinski definition) is 6. The number of sulfonamides is 1. The van der Waals surface area contributed by atoms with Crippen molar-refractivity contribution in [3.63, 3.8) is 0 Å². The van der Waals surface area contributed by atoms with Crippen molar-refractivity contribution in [1.82, 2.24) is 19.8 Å². The molecule has 2 heterocycles. The van der Waals surface area contributed by atoms with E-state index in [2.05, 4.69) is 31.8 Å². The van der Waals surface area contributed by atoms with E-state index in [-0.39, 0.29) is 0 Å². The molecule has 1 fully saturated rings. The zero-order chi connectivity index (χ0) is 15.5. The summed E-state index contributed by atoms with van der Waals surface area (Å²) >= 11 is 0. The summed E-state index contributed by atoms with van der Waals surface area (Å²) in [7, 11) is -3.32. The molecule has 0 aromatic heterocycles. The highest BCUT2D eigenvalue weighted by Crippen LogP contribution is 2.17. The highest BCUT2D eigenvalue weighted by atomic mass is 32.2. The molecule has 1 saturated heterocycles. The van der Waals surface area contributed by atoms with Crippen molar-refractivity contribution in [3.05, 3.63) is 0 Å². The summed E-state index contributed by atoms with van der Waals surface area (Å²) in [4.78, 5) is 9.01. The first-order valence-corrected chi connectivity index (χ1v) is 9.23. The highest BCUT2D eigenvalue weighted by molar-refractivity contribution is 7.90. The lowest BCUT2D eigenvalue weighted by molar-refractivity contribution is 0.172. The number of hydrogen-bond donors (Lipinski definition) is 2.